The molecular weight excluding hydrogens is 364 g/mol. The van der Waals surface area contributed by atoms with Gasteiger partial charge < -0.3 is 15.4 Å². The maximum Gasteiger partial charge on any atom is 0.326 e. The van der Waals surface area contributed by atoms with Crippen LogP contribution in [0, 0.1) is 23.2 Å². The lowest BCUT2D eigenvalue weighted by Crippen LogP contribution is -2.50. The van der Waals surface area contributed by atoms with Gasteiger partial charge in [-0.1, -0.05) is 27.7 Å². The number of urea groups is 1. The zero-order valence-corrected chi connectivity index (χ0v) is 17.4. The molecule has 0 saturated carbocycles. The average Bonchev–Trinajstić information content (AvgIpc) is 2.81. The van der Waals surface area contributed by atoms with Crippen LogP contribution in [0.5, 0.6) is 0 Å². The van der Waals surface area contributed by atoms with Crippen molar-refractivity contribution in [3.05, 3.63) is 0 Å². The molecule has 0 aromatic carbocycles. The summed E-state index contributed by atoms with van der Waals surface area (Å²) in [5.41, 5.74) is -2.14. The van der Waals surface area contributed by atoms with Crippen LogP contribution in [0.2, 0.25) is 0 Å². The summed E-state index contributed by atoms with van der Waals surface area (Å²) < 4.78 is 4.86. The summed E-state index contributed by atoms with van der Waals surface area (Å²) in [6.07, 6.45) is 1.21. The van der Waals surface area contributed by atoms with Gasteiger partial charge in [0.2, 0.25) is 0 Å². The Hall–Kier alpha value is -2.63. The van der Waals surface area contributed by atoms with Crippen LogP contribution in [0.3, 0.4) is 0 Å². The van der Waals surface area contributed by atoms with Crippen molar-refractivity contribution in [3.63, 3.8) is 0 Å². The first-order valence-corrected chi connectivity index (χ1v) is 9.36. The molecule has 0 radical (unpaired) electrons. The number of imide groups is 1. The first kappa shape index (κ1) is 23.4. The summed E-state index contributed by atoms with van der Waals surface area (Å²) in [5.74, 6) is -1.79. The van der Waals surface area contributed by atoms with Gasteiger partial charge in [-0.05, 0) is 38.5 Å². The number of hydrogen-bond donors (Lipinski definition) is 2. The predicted molar refractivity (Wildman–Crippen MR) is 101 cm³/mol. The van der Waals surface area contributed by atoms with Crippen molar-refractivity contribution in [3.8, 4) is 6.07 Å². The molecule has 1 saturated heterocycles. The molecule has 1 rings (SSSR count). The van der Waals surface area contributed by atoms with Gasteiger partial charge in [-0.25, -0.2) is 4.79 Å². The molecule has 0 aliphatic carbocycles. The summed E-state index contributed by atoms with van der Waals surface area (Å²) in [6, 6.07) is 1.36. The third-order valence-corrected chi connectivity index (χ3v) is 5.00. The molecule has 9 nitrogen and oxygen atoms in total. The van der Waals surface area contributed by atoms with Crippen LogP contribution in [0.1, 0.15) is 54.4 Å². The van der Waals surface area contributed by atoms with E-state index in [0.717, 1.165) is 11.3 Å². The monoisotopic (exact) mass is 394 g/mol. The molecule has 1 heterocycles. The first-order chi connectivity index (χ1) is 12.8. The van der Waals surface area contributed by atoms with E-state index in [1.165, 1.54) is 0 Å². The minimum Gasteiger partial charge on any atom is -0.454 e. The quantitative estimate of drug-likeness (QED) is 0.448. The highest BCUT2D eigenvalue weighted by Gasteiger charge is 2.48. The van der Waals surface area contributed by atoms with Crippen molar-refractivity contribution in [2.24, 2.45) is 11.8 Å². The molecule has 2 atom stereocenters. The lowest BCUT2D eigenvalue weighted by atomic mass is 9.90. The fourth-order valence-electron chi connectivity index (χ4n) is 2.59. The van der Waals surface area contributed by atoms with Gasteiger partial charge in [0.25, 0.3) is 11.8 Å². The highest BCUT2D eigenvalue weighted by molar-refractivity contribution is 6.08. The third-order valence-electron chi connectivity index (χ3n) is 5.00. The molecule has 1 aliphatic rings. The molecule has 0 aromatic rings. The zero-order valence-electron chi connectivity index (χ0n) is 17.4. The number of carbonyl (C=O) groups excluding carboxylic acids is 4. The molecular formula is C19H30N4O5. The number of amides is 4. The largest absolute Gasteiger partial charge is 0.454 e. The number of esters is 1. The molecule has 1 fully saturated rings. The smallest absolute Gasteiger partial charge is 0.326 e. The first-order valence-electron chi connectivity index (χ1n) is 9.36. The second kappa shape index (κ2) is 9.04. The van der Waals surface area contributed by atoms with Crippen LogP contribution < -0.4 is 10.6 Å². The normalized spacial score (nSPS) is 21.3. The highest BCUT2D eigenvalue weighted by atomic mass is 16.5. The van der Waals surface area contributed by atoms with Gasteiger partial charge >= 0.3 is 12.0 Å². The van der Waals surface area contributed by atoms with Gasteiger partial charge in [0.15, 0.2) is 6.61 Å². The van der Waals surface area contributed by atoms with Gasteiger partial charge in [-0.3, -0.25) is 19.3 Å². The van der Waals surface area contributed by atoms with E-state index >= 15 is 0 Å². The summed E-state index contributed by atoms with van der Waals surface area (Å²) >= 11 is 0. The number of ether oxygens (including phenoxy) is 1. The van der Waals surface area contributed by atoms with Crippen molar-refractivity contribution in [2.45, 2.75) is 65.5 Å². The Kier molecular flexibility index (Phi) is 7.56. The van der Waals surface area contributed by atoms with E-state index in [9.17, 15) is 24.4 Å². The maximum absolute atomic E-state index is 12.5. The minimum atomic E-state index is -1.09. The summed E-state index contributed by atoms with van der Waals surface area (Å²) in [7, 11) is 0. The van der Waals surface area contributed by atoms with E-state index in [4.69, 9.17) is 4.74 Å². The third kappa shape index (κ3) is 5.68. The Morgan fingerprint density at radius 3 is 2.43 bits per heavy atom. The summed E-state index contributed by atoms with van der Waals surface area (Å²) in [6.45, 7) is 9.62. The second-order valence-electron chi connectivity index (χ2n) is 8.26. The van der Waals surface area contributed by atoms with Crippen molar-refractivity contribution < 1.29 is 23.9 Å². The van der Waals surface area contributed by atoms with Gasteiger partial charge in [-0.15, -0.1) is 0 Å². The molecule has 0 spiro atoms. The summed E-state index contributed by atoms with van der Waals surface area (Å²) in [5, 5.41) is 14.3. The topological polar surface area (TPSA) is 129 Å². The highest BCUT2D eigenvalue weighted by Crippen LogP contribution is 2.24. The molecule has 28 heavy (non-hydrogen) atoms. The second-order valence-corrected chi connectivity index (χ2v) is 8.26. The van der Waals surface area contributed by atoms with Gasteiger partial charge in [-0.2, -0.15) is 5.26 Å². The number of hydrogen-bond acceptors (Lipinski definition) is 6. The Balaban J connectivity index is 2.59. The Bertz CT molecular complexity index is 684. The number of nitriles is 1. The van der Waals surface area contributed by atoms with Crippen LogP contribution in [-0.4, -0.2) is 52.9 Å². The molecule has 9 heteroatoms. The summed E-state index contributed by atoms with van der Waals surface area (Å²) in [4.78, 5) is 49.4. The standard InChI is InChI=1S/C19H30N4O5/c1-12(2)7-8-18(5)16(26)23(17(27)22-18)9-15(25)28-10-14(24)21-19(6,11-20)13(3)4/h12-13H,7-10H2,1-6H3,(H,21,24)(H,22,27)/t18-,19+/m0/s1. The van der Waals surface area contributed by atoms with Gasteiger partial charge in [0.1, 0.15) is 17.6 Å². The fourth-order valence-corrected chi connectivity index (χ4v) is 2.59. The fraction of sp³-hybridized carbons (Fsp3) is 0.737. The lowest BCUT2D eigenvalue weighted by Gasteiger charge is -2.27. The van der Waals surface area contributed by atoms with Gasteiger partial charge in [0, 0.05) is 0 Å². The maximum atomic E-state index is 12.5. The van der Waals surface area contributed by atoms with Crippen molar-refractivity contribution in [1.82, 2.24) is 15.5 Å². The average molecular weight is 394 g/mol. The lowest BCUT2D eigenvalue weighted by molar-refractivity contribution is -0.151. The zero-order chi connectivity index (χ0) is 21.7. The van der Waals surface area contributed by atoms with E-state index in [-0.39, 0.29) is 5.92 Å². The van der Waals surface area contributed by atoms with E-state index in [1.54, 1.807) is 27.7 Å². The van der Waals surface area contributed by atoms with E-state index in [2.05, 4.69) is 10.6 Å². The minimum absolute atomic E-state index is 0.147. The molecule has 1 aliphatic heterocycles. The van der Waals surface area contributed by atoms with Gasteiger partial charge in [0.05, 0.1) is 6.07 Å². The molecule has 0 bridgehead atoms. The van der Waals surface area contributed by atoms with Crippen molar-refractivity contribution in [1.29, 1.82) is 5.26 Å². The van der Waals surface area contributed by atoms with Crippen molar-refractivity contribution >= 4 is 23.8 Å². The Morgan fingerprint density at radius 2 is 1.93 bits per heavy atom. The Labute approximate surface area is 165 Å². The SMILES string of the molecule is CC(C)CC[C@]1(C)NC(=O)N(CC(=O)OCC(=O)N[C@](C)(C#N)C(C)C)C1=O. The Morgan fingerprint density at radius 1 is 1.32 bits per heavy atom. The molecule has 2 N–H and O–H groups in total. The van der Waals surface area contributed by atoms with E-state index < -0.39 is 48.0 Å². The van der Waals surface area contributed by atoms with Crippen LogP contribution in [-0.2, 0) is 19.1 Å². The number of rotatable bonds is 9. The van der Waals surface area contributed by atoms with Crippen LogP contribution in [0.4, 0.5) is 4.79 Å². The predicted octanol–water partition coefficient (Wildman–Crippen LogP) is 1.33. The molecule has 0 aromatic heterocycles. The van der Waals surface area contributed by atoms with Crippen molar-refractivity contribution in [2.75, 3.05) is 13.2 Å². The number of carbonyl (C=O) groups is 4. The van der Waals surface area contributed by atoms with Crippen LogP contribution >= 0.6 is 0 Å². The molecule has 0 unspecified atom stereocenters. The van der Waals surface area contributed by atoms with Crippen LogP contribution in [0.25, 0.3) is 0 Å². The van der Waals surface area contributed by atoms with Crippen LogP contribution in [0.15, 0.2) is 0 Å². The molecule has 4 amide bonds. The van der Waals surface area contributed by atoms with E-state index in [0.29, 0.717) is 12.3 Å². The van der Waals surface area contributed by atoms with E-state index in [1.807, 2.05) is 19.9 Å². The molecule has 156 valence electrons. The number of nitrogens with zero attached hydrogens (tertiary/aromatic N) is 2. The number of nitrogens with one attached hydrogen (secondary N) is 2.